The van der Waals surface area contributed by atoms with Gasteiger partial charge in [-0.05, 0) is 50.3 Å². The summed E-state index contributed by atoms with van der Waals surface area (Å²) in [7, 11) is 1.18. The third kappa shape index (κ3) is 3.21. The summed E-state index contributed by atoms with van der Waals surface area (Å²) in [5.74, 6) is -1.26. The first kappa shape index (κ1) is 16.2. The Hall–Kier alpha value is -1.14. The van der Waals surface area contributed by atoms with Gasteiger partial charge in [-0.15, -0.1) is 0 Å². The van der Waals surface area contributed by atoms with Crippen LogP contribution in [0.4, 0.5) is 4.39 Å². The van der Waals surface area contributed by atoms with Crippen molar-refractivity contribution in [1.82, 2.24) is 5.32 Å². The molecule has 0 aliphatic heterocycles. The first-order chi connectivity index (χ1) is 9.68. The van der Waals surface area contributed by atoms with Crippen LogP contribution in [0.15, 0.2) is 17.0 Å². The maximum absolute atomic E-state index is 13.6. The molecular formula is C14H17ClFNO3S. The highest BCUT2D eigenvalue weighted by Crippen LogP contribution is 2.35. The third-order valence-electron chi connectivity index (χ3n) is 4.20. The normalized spacial score (nSPS) is 17.1. The predicted octanol–water partition coefficient (Wildman–Crippen LogP) is 3.12. The zero-order valence-electron chi connectivity index (χ0n) is 11.9. The number of hydrogen-bond donors (Lipinski definition) is 1. The van der Waals surface area contributed by atoms with Gasteiger partial charge in [0, 0.05) is 21.8 Å². The molecule has 0 saturated heterocycles. The Morgan fingerprint density at radius 3 is 2.48 bits per heavy atom. The van der Waals surface area contributed by atoms with Crippen LogP contribution in [-0.4, -0.2) is 19.9 Å². The monoisotopic (exact) mass is 333 g/mol. The first-order valence-electron chi connectivity index (χ1n) is 6.76. The van der Waals surface area contributed by atoms with Crippen molar-refractivity contribution < 1.29 is 17.6 Å². The molecule has 1 aliphatic carbocycles. The fourth-order valence-electron chi connectivity index (χ4n) is 2.62. The second-order valence-electron chi connectivity index (χ2n) is 5.46. The maximum Gasteiger partial charge on any atom is 0.261 e. The zero-order valence-corrected chi connectivity index (χ0v) is 13.4. The molecule has 0 unspecified atom stereocenters. The molecule has 4 nitrogen and oxygen atoms in total. The molecule has 1 saturated carbocycles. The summed E-state index contributed by atoms with van der Waals surface area (Å²) in [5.41, 5.74) is -0.0843. The number of nitrogens with one attached hydrogen (secondary N) is 1. The van der Waals surface area contributed by atoms with E-state index in [1.165, 1.54) is 6.92 Å². The summed E-state index contributed by atoms with van der Waals surface area (Å²) in [6.45, 7) is 3.43. The molecule has 0 aromatic heterocycles. The second kappa shape index (κ2) is 5.57. The number of hydrogen-bond acceptors (Lipinski definition) is 3. The van der Waals surface area contributed by atoms with E-state index in [0.717, 1.165) is 37.8 Å². The molecule has 0 radical (unpaired) electrons. The van der Waals surface area contributed by atoms with Gasteiger partial charge in [-0.25, -0.2) is 12.8 Å². The minimum atomic E-state index is -4.10. The second-order valence-corrected chi connectivity index (χ2v) is 7.99. The molecular weight excluding hydrogens is 317 g/mol. The third-order valence-corrected chi connectivity index (χ3v) is 5.65. The van der Waals surface area contributed by atoms with Gasteiger partial charge in [0.1, 0.15) is 5.82 Å². The van der Waals surface area contributed by atoms with Gasteiger partial charge in [-0.3, -0.25) is 4.79 Å². The Morgan fingerprint density at radius 1 is 1.43 bits per heavy atom. The van der Waals surface area contributed by atoms with E-state index in [2.05, 4.69) is 5.32 Å². The van der Waals surface area contributed by atoms with E-state index in [4.69, 9.17) is 10.7 Å². The molecule has 0 atom stereocenters. The molecule has 7 heteroatoms. The van der Waals surface area contributed by atoms with Crippen LogP contribution in [0.5, 0.6) is 0 Å². The van der Waals surface area contributed by atoms with E-state index in [0.29, 0.717) is 0 Å². The van der Waals surface area contributed by atoms with Gasteiger partial charge in [-0.1, -0.05) is 6.92 Å². The van der Waals surface area contributed by atoms with Crippen LogP contribution in [0, 0.1) is 12.7 Å². The van der Waals surface area contributed by atoms with E-state index < -0.39 is 20.8 Å². The van der Waals surface area contributed by atoms with Crippen molar-refractivity contribution in [2.75, 3.05) is 0 Å². The fraction of sp³-hybridized carbons (Fsp3) is 0.500. The Kier molecular flexibility index (Phi) is 4.31. The molecule has 116 valence electrons. The Labute approximate surface area is 128 Å². The molecule has 1 N–H and O–H groups in total. The van der Waals surface area contributed by atoms with Gasteiger partial charge < -0.3 is 5.32 Å². The van der Waals surface area contributed by atoms with Crippen LogP contribution >= 0.6 is 10.7 Å². The highest BCUT2D eigenvalue weighted by molar-refractivity contribution is 8.13. The number of carbonyl (C=O) groups excluding carboxylic acids is 1. The summed E-state index contributed by atoms with van der Waals surface area (Å²) < 4.78 is 36.5. The van der Waals surface area contributed by atoms with Crippen molar-refractivity contribution in [1.29, 1.82) is 0 Å². The zero-order chi connectivity index (χ0) is 15.8. The van der Waals surface area contributed by atoms with Crippen molar-refractivity contribution >= 4 is 25.6 Å². The van der Waals surface area contributed by atoms with E-state index in [-0.39, 0.29) is 21.6 Å². The lowest BCUT2D eigenvalue weighted by molar-refractivity contribution is 0.0819. The molecule has 0 bridgehead atoms. The van der Waals surface area contributed by atoms with Crippen LogP contribution in [0.1, 0.15) is 48.5 Å². The smallest absolute Gasteiger partial charge is 0.261 e. The Balaban J connectivity index is 2.40. The quantitative estimate of drug-likeness (QED) is 0.861. The van der Waals surface area contributed by atoms with Crippen molar-refractivity contribution in [3.05, 3.63) is 29.1 Å². The summed E-state index contributed by atoms with van der Waals surface area (Å²) >= 11 is 0. The van der Waals surface area contributed by atoms with Crippen molar-refractivity contribution in [2.24, 2.45) is 0 Å². The maximum atomic E-state index is 13.6. The molecule has 21 heavy (non-hydrogen) atoms. The molecule has 0 heterocycles. The molecule has 1 aromatic carbocycles. The van der Waals surface area contributed by atoms with E-state index in [1.807, 2.05) is 6.92 Å². The predicted molar refractivity (Wildman–Crippen MR) is 78.5 cm³/mol. The molecule has 1 aromatic rings. The fourth-order valence-corrected chi connectivity index (χ4v) is 3.83. The van der Waals surface area contributed by atoms with Crippen molar-refractivity contribution in [2.45, 2.75) is 50.0 Å². The largest absolute Gasteiger partial charge is 0.347 e. The van der Waals surface area contributed by atoms with E-state index in [1.54, 1.807) is 0 Å². The van der Waals surface area contributed by atoms with Crippen LogP contribution < -0.4 is 5.32 Å². The Bertz CT molecular complexity index is 678. The topological polar surface area (TPSA) is 63.2 Å². The number of rotatable bonds is 4. The number of carbonyl (C=O) groups is 1. The number of benzene rings is 1. The molecule has 1 aliphatic rings. The van der Waals surface area contributed by atoms with Gasteiger partial charge in [-0.2, -0.15) is 0 Å². The summed E-state index contributed by atoms with van der Waals surface area (Å²) in [6.07, 6.45) is 3.58. The molecule has 0 spiro atoms. The number of halogens is 2. The molecule has 2 rings (SSSR count). The lowest BCUT2D eigenvalue weighted by Gasteiger charge is -2.42. The summed E-state index contributed by atoms with van der Waals surface area (Å²) in [4.78, 5) is 12.0. The highest BCUT2D eigenvalue weighted by atomic mass is 35.7. The van der Waals surface area contributed by atoms with Crippen LogP contribution in [0.3, 0.4) is 0 Å². The lowest BCUT2D eigenvalue weighted by atomic mass is 9.74. The van der Waals surface area contributed by atoms with Crippen molar-refractivity contribution in [3.63, 3.8) is 0 Å². The summed E-state index contributed by atoms with van der Waals surface area (Å²) in [5, 5.41) is 2.90. The standard InChI is InChI=1S/C14H17ClFNO3S/c1-3-14(5-4-6-14)17-13(18)11-7-10(16)8-12(9(11)2)21(15,19)20/h7-8H,3-6H2,1-2H3,(H,17,18). The summed E-state index contributed by atoms with van der Waals surface area (Å²) in [6, 6.07) is 1.87. The van der Waals surface area contributed by atoms with Crippen LogP contribution in [0.25, 0.3) is 0 Å². The average molecular weight is 334 g/mol. The van der Waals surface area contributed by atoms with Crippen LogP contribution in [-0.2, 0) is 9.05 Å². The minimum Gasteiger partial charge on any atom is -0.347 e. The number of amides is 1. The van der Waals surface area contributed by atoms with E-state index >= 15 is 0 Å². The van der Waals surface area contributed by atoms with E-state index in [9.17, 15) is 17.6 Å². The van der Waals surface area contributed by atoms with Crippen LogP contribution in [0.2, 0.25) is 0 Å². The SMILES string of the molecule is CCC1(NC(=O)c2cc(F)cc(S(=O)(=O)Cl)c2C)CCC1. The van der Waals surface area contributed by atoms with Gasteiger partial charge in [0.25, 0.3) is 15.0 Å². The van der Waals surface area contributed by atoms with Gasteiger partial charge in [0.2, 0.25) is 0 Å². The average Bonchev–Trinajstić information content (AvgIpc) is 2.34. The first-order valence-corrected chi connectivity index (χ1v) is 9.07. The Morgan fingerprint density at radius 2 is 2.05 bits per heavy atom. The minimum absolute atomic E-state index is 0.00829. The van der Waals surface area contributed by atoms with Gasteiger partial charge >= 0.3 is 0 Å². The molecule has 1 fully saturated rings. The highest BCUT2D eigenvalue weighted by Gasteiger charge is 2.37. The lowest BCUT2D eigenvalue weighted by Crippen LogP contribution is -2.53. The van der Waals surface area contributed by atoms with Gasteiger partial charge in [0.05, 0.1) is 4.90 Å². The van der Waals surface area contributed by atoms with Gasteiger partial charge in [0.15, 0.2) is 0 Å². The van der Waals surface area contributed by atoms with Crippen molar-refractivity contribution in [3.8, 4) is 0 Å². The molecule has 1 amide bonds.